The molecule has 20 heavy (non-hydrogen) atoms. The Morgan fingerprint density at radius 1 is 1.25 bits per heavy atom. The quantitative estimate of drug-likeness (QED) is 0.930. The molecule has 2 rings (SSSR count). The number of rotatable bonds is 4. The highest BCUT2D eigenvalue weighted by Crippen LogP contribution is 2.28. The van der Waals surface area contributed by atoms with Crippen molar-refractivity contribution in [3.63, 3.8) is 0 Å². The Bertz CT molecular complexity index is 708. The van der Waals surface area contributed by atoms with E-state index in [1.54, 1.807) is 0 Å². The van der Waals surface area contributed by atoms with Crippen LogP contribution >= 0.6 is 0 Å². The molecule has 7 nitrogen and oxygen atoms in total. The third-order valence-corrected chi connectivity index (χ3v) is 4.17. The summed E-state index contributed by atoms with van der Waals surface area (Å²) in [7, 11) is -3.91. The van der Waals surface area contributed by atoms with Crippen LogP contribution in [0.15, 0.2) is 20.0 Å². The highest BCUT2D eigenvalue weighted by molar-refractivity contribution is 7.92. The number of halogens is 1. The number of sulfonamides is 1. The predicted octanol–water partition coefficient (Wildman–Crippen LogP) is 2.28. The molecule has 0 unspecified atom stereocenters. The maximum Gasteiger partial charge on any atom is 0.268 e. The van der Waals surface area contributed by atoms with Crippen molar-refractivity contribution >= 4 is 15.8 Å². The van der Waals surface area contributed by atoms with Gasteiger partial charge in [-0.15, -0.1) is 0 Å². The van der Waals surface area contributed by atoms with Gasteiger partial charge in [-0.1, -0.05) is 10.3 Å². The molecule has 0 aliphatic heterocycles. The number of nitrogens with zero attached hydrogens (tertiary/aromatic N) is 2. The lowest BCUT2D eigenvalue weighted by molar-refractivity contribution is 0.163. The third kappa shape index (κ3) is 2.67. The highest BCUT2D eigenvalue weighted by Gasteiger charge is 2.28. The predicted molar refractivity (Wildman–Crippen MR) is 67.4 cm³/mol. The summed E-state index contributed by atoms with van der Waals surface area (Å²) in [5, 5.41) is 7.05. The summed E-state index contributed by atoms with van der Waals surface area (Å²) in [5.74, 6) is -0.0239. The van der Waals surface area contributed by atoms with Gasteiger partial charge >= 0.3 is 0 Å². The minimum absolute atomic E-state index is 0.0680. The Balaban J connectivity index is 2.32. The lowest BCUT2D eigenvalue weighted by Gasteiger charge is -2.07. The topological polar surface area (TPSA) is 98.2 Å². The summed E-state index contributed by atoms with van der Waals surface area (Å²) >= 11 is 0. The summed E-state index contributed by atoms with van der Waals surface area (Å²) in [6.07, 6.45) is 0. The van der Waals surface area contributed by atoms with Crippen LogP contribution < -0.4 is 4.72 Å². The van der Waals surface area contributed by atoms with E-state index in [1.165, 1.54) is 33.8 Å². The molecule has 0 aliphatic rings. The van der Waals surface area contributed by atoms with Crippen molar-refractivity contribution < 1.29 is 21.9 Å². The first-order valence-electron chi connectivity index (χ1n) is 5.73. The molecule has 0 spiro atoms. The van der Waals surface area contributed by atoms with Crippen molar-refractivity contribution in [1.82, 2.24) is 10.3 Å². The van der Waals surface area contributed by atoms with Crippen LogP contribution in [0, 0.1) is 13.8 Å². The largest absolute Gasteiger partial charge is 0.360 e. The van der Waals surface area contributed by atoms with E-state index in [-0.39, 0.29) is 27.9 Å². The molecule has 2 heterocycles. The van der Waals surface area contributed by atoms with Gasteiger partial charge < -0.3 is 9.05 Å². The Labute approximate surface area is 115 Å². The number of aryl methyl sites for hydroxylation is 2. The van der Waals surface area contributed by atoms with Crippen LogP contribution in [0.4, 0.5) is 10.2 Å². The molecular formula is C11H14FN3O4S. The fourth-order valence-electron chi connectivity index (χ4n) is 1.65. The minimum atomic E-state index is -3.91. The van der Waals surface area contributed by atoms with E-state index in [0.717, 1.165) is 0 Å². The van der Waals surface area contributed by atoms with Crippen LogP contribution in [0.1, 0.15) is 31.1 Å². The zero-order valence-corrected chi connectivity index (χ0v) is 12.2. The number of nitrogens with one attached hydrogen (secondary N) is 1. The second-order valence-corrected chi connectivity index (χ2v) is 6.43. The lowest BCUT2D eigenvalue weighted by atomic mass is 10.1. The van der Waals surface area contributed by atoms with Gasteiger partial charge in [0.25, 0.3) is 10.0 Å². The molecule has 0 saturated heterocycles. The molecule has 9 heteroatoms. The number of hydrogen-bond acceptors (Lipinski definition) is 6. The summed E-state index contributed by atoms with van der Waals surface area (Å²) in [6, 6.07) is 1.19. The SMILES string of the molecule is Cc1noc(C)c1S(=O)(=O)Nc1cc(C(C)(C)F)on1. The minimum Gasteiger partial charge on any atom is -0.360 e. The fourth-order valence-corrected chi connectivity index (χ4v) is 2.97. The van der Waals surface area contributed by atoms with E-state index in [4.69, 9.17) is 9.05 Å². The van der Waals surface area contributed by atoms with E-state index in [1.807, 2.05) is 0 Å². The molecule has 2 aromatic heterocycles. The van der Waals surface area contributed by atoms with E-state index < -0.39 is 15.7 Å². The molecule has 2 aromatic rings. The van der Waals surface area contributed by atoms with Gasteiger partial charge in [0.15, 0.2) is 27.9 Å². The van der Waals surface area contributed by atoms with E-state index in [2.05, 4.69) is 15.0 Å². The molecule has 0 atom stereocenters. The van der Waals surface area contributed by atoms with Crippen LogP contribution in [-0.4, -0.2) is 18.7 Å². The Hall–Kier alpha value is -1.90. The molecule has 0 bridgehead atoms. The van der Waals surface area contributed by atoms with Crippen molar-refractivity contribution in [3.05, 3.63) is 23.3 Å². The summed E-state index contributed by atoms with van der Waals surface area (Å²) in [4.78, 5) is -0.0680. The number of alkyl halides is 1. The van der Waals surface area contributed by atoms with E-state index in [9.17, 15) is 12.8 Å². The molecule has 0 amide bonds. The monoisotopic (exact) mass is 303 g/mol. The lowest BCUT2D eigenvalue weighted by Crippen LogP contribution is -2.14. The maximum atomic E-state index is 13.6. The summed E-state index contributed by atoms with van der Waals surface area (Å²) in [6.45, 7) is 5.54. The van der Waals surface area contributed by atoms with Crippen molar-refractivity contribution in [2.24, 2.45) is 0 Å². The van der Waals surface area contributed by atoms with Gasteiger partial charge in [-0.3, -0.25) is 4.72 Å². The van der Waals surface area contributed by atoms with Crippen LogP contribution in [0.25, 0.3) is 0 Å². The number of anilines is 1. The van der Waals surface area contributed by atoms with Gasteiger partial charge in [0, 0.05) is 6.07 Å². The second kappa shape index (κ2) is 4.58. The van der Waals surface area contributed by atoms with Crippen molar-refractivity contribution in [2.75, 3.05) is 4.72 Å². The van der Waals surface area contributed by atoms with Gasteiger partial charge in [0.1, 0.15) is 5.69 Å². The molecule has 0 saturated carbocycles. The molecule has 0 radical (unpaired) electrons. The molecule has 0 aromatic carbocycles. The summed E-state index contributed by atoms with van der Waals surface area (Å²) < 4.78 is 49.7. The molecular weight excluding hydrogens is 289 g/mol. The average Bonchev–Trinajstić information content (AvgIpc) is 2.84. The average molecular weight is 303 g/mol. The second-order valence-electron chi connectivity index (χ2n) is 4.81. The fraction of sp³-hybridized carbons (Fsp3) is 0.455. The van der Waals surface area contributed by atoms with Gasteiger partial charge in [-0.25, -0.2) is 12.8 Å². The van der Waals surface area contributed by atoms with Crippen molar-refractivity contribution in [2.45, 2.75) is 38.3 Å². The van der Waals surface area contributed by atoms with Crippen molar-refractivity contribution in [3.8, 4) is 0 Å². The van der Waals surface area contributed by atoms with Crippen molar-refractivity contribution in [1.29, 1.82) is 0 Å². The van der Waals surface area contributed by atoms with Gasteiger partial charge in [0.2, 0.25) is 0 Å². The zero-order chi connectivity index (χ0) is 15.1. The first-order chi connectivity index (χ1) is 9.11. The zero-order valence-electron chi connectivity index (χ0n) is 11.4. The number of hydrogen-bond donors (Lipinski definition) is 1. The molecule has 0 fully saturated rings. The van der Waals surface area contributed by atoms with Gasteiger partial charge in [-0.05, 0) is 27.7 Å². The van der Waals surface area contributed by atoms with Crippen LogP contribution in [-0.2, 0) is 15.7 Å². The Kier molecular flexibility index (Phi) is 3.32. The molecule has 0 aliphatic carbocycles. The normalized spacial score (nSPS) is 12.7. The Morgan fingerprint density at radius 2 is 1.90 bits per heavy atom. The Morgan fingerprint density at radius 3 is 2.35 bits per heavy atom. The number of aromatic nitrogens is 2. The third-order valence-electron chi connectivity index (χ3n) is 2.57. The van der Waals surface area contributed by atoms with Gasteiger partial charge in [-0.2, -0.15) is 0 Å². The molecule has 110 valence electrons. The summed E-state index contributed by atoms with van der Waals surface area (Å²) in [5.41, 5.74) is -1.52. The van der Waals surface area contributed by atoms with Crippen LogP contribution in [0.2, 0.25) is 0 Å². The smallest absolute Gasteiger partial charge is 0.268 e. The van der Waals surface area contributed by atoms with E-state index >= 15 is 0 Å². The van der Waals surface area contributed by atoms with Gasteiger partial charge in [0.05, 0.1) is 0 Å². The highest BCUT2D eigenvalue weighted by atomic mass is 32.2. The first-order valence-corrected chi connectivity index (χ1v) is 7.21. The van der Waals surface area contributed by atoms with Crippen LogP contribution in [0.3, 0.4) is 0 Å². The van der Waals surface area contributed by atoms with Crippen LogP contribution in [0.5, 0.6) is 0 Å². The van der Waals surface area contributed by atoms with E-state index in [0.29, 0.717) is 0 Å². The first kappa shape index (κ1) is 14.5. The standard InChI is InChI=1S/C11H14FN3O4S/c1-6-10(7(2)18-13-6)20(16,17)15-9-5-8(19-14-9)11(3,4)12/h5H,1-4H3,(H,14,15). The maximum absolute atomic E-state index is 13.6. The molecule has 1 N–H and O–H groups in total.